The van der Waals surface area contributed by atoms with Gasteiger partial charge in [-0.3, -0.25) is 14.5 Å². The number of nitrogens with one attached hydrogen (secondary N) is 1. The molecule has 0 bridgehead atoms. The van der Waals surface area contributed by atoms with Crippen LogP contribution in [0, 0.1) is 12.3 Å². The molecule has 2 N–H and O–H groups in total. The number of rotatable bonds is 14. The van der Waals surface area contributed by atoms with Crippen molar-refractivity contribution < 1.29 is 24.2 Å². The molecular formula is C33H40N4O5. The normalized spacial score (nSPS) is 15.1. The number of carbonyl (C=O) groups is 3. The molecule has 2 aromatic carbocycles. The van der Waals surface area contributed by atoms with Crippen molar-refractivity contribution in [2.45, 2.75) is 71.4 Å². The first-order valence-corrected chi connectivity index (χ1v) is 14.6. The number of aryl methyl sites for hydroxylation is 1. The summed E-state index contributed by atoms with van der Waals surface area (Å²) in [5.74, 6) is -1.13. The number of Topliss-reactive ketones (excluding diaryl/α,β-unsaturated/α-hetero) is 1. The van der Waals surface area contributed by atoms with E-state index in [4.69, 9.17) is 4.74 Å². The van der Waals surface area contributed by atoms with Gasteiger partial charge < -0.3 is 15.2 Å². The number of unbranched alkanes of at least 4 members (excludes halogenated alkanes) is 1. The number of amides is 2. The minimum Gasteiger partial charge on any atom is -0.475 e. The fourth-order valence-electron chi connectivity index (χ4n) is 5.40. The van der Waals surface area contributed by atoms with Crippen LogP contribution in [0.1, 0.15) is 69.7 Å². The summed E-state index contributed by atoms with van der Waals surface area (Å²) < 4.78 is 6.25. The molecule has 0 saturated heterocycles. The number of carbonyl (C=O) groups excluding carboxylic acids is 2. The molecule has 1 heterocycles. The van der Waals surface area contributed by atoms with Gasteiger partial charge in [-0.2, -0.15) is 5.10 Å². The van der Waals surface area contributed by atoms with Gasteiger partial charge >= 0.3 is 6.09 Å². The summed E-state index contributed by atoms with van der Waals surface area (Å²) in [6.07, 6.45) is 2.83. The molecule has 0 unspecified atom stereocenters. The van der Waals surface area contributed by atoms with Crippen LogP contribution in [0.25, 0.3) is 11.1 Å². The minimum absolute atomic E-state index is 0.0872. The molecule has 1 aliphatic carbocycles. The second-order valence-electron chi connectivity index (χ2n) is 11.3. The highest BCUT2D eigenvalue weighted by molar-refractivity contribution is 6.38. The highest BCUT2D eigenvalue weighted by Crippen LogP contribution is 2.43. The lowest BCUT2D eigenvalue weighted by Crippen LogP contribution is -2.55. The molecule has 2 amide bonds. The monoisotopic (exact) mass is 572 g/mol. The molecule has 4 rings (SSSR count). The van der Waals surface area contributed by atoms with Crippen LogP contribution < -0.4 is 10.1 Å². The fourth-order valence-corrected chi connectivity index (χ4v) is 5.40. The first-order chi connectivity index (χ1) is 20.2. The van der Waals surface area contributed by atoms with Crippen LogP contribution in [-0.4, -0.2) is 57.2 Å². The van der Waals surface area contributed by atoms with Crippen LogP contribution in [0.3, 0.4) is 0 Å². The van der Waals surface area contributed by atoms with Crippen molar-refractivity contribution in [3.63, 3.8) is 0 Å². The van der Waals surface area contributed by atoms with Crippen molar-refractivity contribution in [1.29, 1.82) is 0 Å². The maximum absolute atomic E-state index is 13.5. The first-order valence-electron chi connectivity index (χ1n) is 14.6. The maximum atomic E-state index is 13.5. The Labute approximate surface area is 247 Å². The Morgan fingerprint density at radius 3 is 2.31 bits per heavy atom. The molecule has 1 aliphatic rings. The summed E-state index contributed by atoms with van der Waals surface area (Å²) in [5.41, 5.74) is 2.87. The van der Waals surface area contributed by atoms with Gasteiger partial charge in [-0.05, 0) is 50.3 Å². The smallest absolute Gasteiger partial charge is 0.407 e. The number of ether oxygens (including phenoxy) is 1. The van der Waals surface area contributed by atoms with Crippen LogP contribution in [0.5, 0.6) is 5.88 Å². The van der Waals surface area contributed by atoms with Gasteiger partial charge in [0.15, 0.2) is 0 Å². The van der Waals surface area contributed by atoms with Crippen LogP contribution >= 0.6 is 0 Å². The van der Waals surface area contributed by atoms with E-state index in [1.807, 2.05) is 80.6 Å². The molecule has 222 valence electrons. The van der Waals surface area contributed by atoms with Crippen LogP contribution in [0.15, 0.2) is 66.7 Å². The Bertz CT molecular complexity index is 1360. The van der Waals surface area contributed by atoms with Gasteiger partial charge in [0.2, 0.25) is 11.7 Å². The predicted molar refractivity (Wildman–Crippen MR) is 160 cm³/mol. The molecule has 1 saturated carbocycles. The largest absolute Gasteiger partial charge is 0.475 e. The molecule has 0 radical (unpaired) electrons. The number of hydrogen-bond donors (Lipinski definition) is 2. The van der Waals surface area contributed by atoms with Crippen molar-refractivity contribution in [1.82, 2.24) is 20.4 Å². The van der Waals surface area contributed by atoms with E-state index in [9.17, 15) is 19.5 Å². The molecular weight excluding hydrogens is 532 g/mol. The molecule has 3 aromatic rings. The minimum atomic E-state index is -1.22. The molecule has 2 atom stereocenters. The Hall–Kier alpha value is -4.27. The molecule has 1 fully saturated rings. The summed E-state index contributed by atoms with van der Waals surface area (Å²) in [5, 5.41) is 21.5. The number of benzene rings is 2. The SMILES string of the molecule is CCCC[C@H](C(=O)C(=O)N[C@H](C)c1ccccc1)N(CC1(COc2nnc(C)cc2-c2ccccc2)CCC1)C(=O)O. The second kappa shape index (κ2) is 14.1. The van der Waals surface area contributed by atoms with Crippen LogP contribution in [0.2, 0.25) is 0 Å². The quantitative estimate of drug-likeness (QED) is 0.228. The summed E-state index contributed by atoms with van der Waals surface area (Å²) >= 11 is 0. The van der Waals surface area contributed by atoms with Crippen molar-refractivity contribution in [3.8, 4) is 17.0 Å². The zero-order valence-electron chi connectivity index (χ0n) is 24.6. The van der Waals surface area contributed by atoms with Gasteiger partial charge in [-0.1, -0.05) is 86.8 Å². The Kier molecular flexibility index (Phi) is 10.3. The van der Waals surface area contributed by atoms with E-state index in [0.717, 1.165) is 53.0 Å². The molecule has 1 aromatic heterocycles. The van der Waals surface area contributed by atoms with Gasteiger partial charge in [-0.15, -0.1) is 5.10 Å². The number of ketones is 1. The van der Waals surface area contributed by atoms with Gasteiger partial charge in [-0.25, -0.2) is 4.79 Å². The average molecular weight is 573 g/mol. The number of aromatic nitrogens is 2. The zero-order valence-corrected chi connectivity index (χ0v) is 24.6. The van der Waals surface area contributed by atoms with Gasteiger partial charge in [0.05, 0.1) is 18.3 Å². The lowest BCUT2D eigenvalue weighted by atomic mass is 9.68. The van der Waals surface area contributed by atoms with E-state index < -0.39 is 35.3 Å². The van der Waals surface area contributed by atoms with E-state index in [2.05, 4.69) is 15.5 Å². The van der Waals surface area contributed by atoms with Gasteiger partial charge in [0, 0.05) is 17.5 Å². The lowest BCUT2D eigenvalue weighted by Gasteiger charge is -2.45. The summed E-state index contributed by atoms with van der Waals surface area (Å²) in [7, 11) is 0. The molecule has 42 heavy (non-hydrogen) atoms. The number of nitrogens with zero attached hydrogens (tertiary/aromatic N) is 3. The summed E-state index contributed by atoms with van der Waals surface area (Å²) in [4.78, 5) is 40.4. The fraction of sp³-hybridized carbons (Fsp3) is 0.424. The zero-order chi connectivity index (χ0) is 30.1. The van der Waals surface area contributed by atoms with Crippen molar-refractivity contribution in [3.05, 3.63) is 78.0 Å². The van der Waals surface area contributed by atoms with E-state index in [1.54, 1.807) is 6.92 Å². The number of carboxylic acid groups (broad SMARTS) is 1. The topological polar surface area (TPSA) is 122 Å². The van der Waals surface area contributed by atoms with Crippen molar-refractivity contribution in [2.24, 2.45) is 5.41 Å². The Morgan fingerprint density at radius 1 is 1.05 bits per heavy atom. The molecule has 0 aliphatic heterocycles. The third kappa shape index (κ3) is 7.51. The molecule has 0 spiro atoms. The molecule has 9 heteroatoms. The summed E-state index contributed by atoms with van der Waals surface area (Å²) in [6, 6.07) is 19.6. The lowest BCUT2D eigenvalue weighted by molar-refractivity contribution is -0.141. The maximum Gasteiger partial charge on any atom is 0.407 e. The molecule has 9 nitrogen and oxygen atoms in total. The Balaban J connectivity index is 1.52. The number of hydrogen-bond acceptors (Lipinski definition) is 6. The predicted octanol–water partition coefficient (Wildman–Crippen LogP) is 5.99. The Morgan fingerprint density at radius 2 is 1.71 bits per heavy atom. The standard InChI is InChI=1S/C33H40N4O5/c1-4-5-17-28(29(38)30(39)34-24(3)25-13-8-6-9-14-25)37(32(40)41)21-33(18-12-19-33)22-42-31-27(20-23(2)35-36-31)26-15-10-7-11-16-26/h6-11,13-16,20,24,28H,4-5,12,17-19,21-22H2,1-3H3,(H,34,39)(H,40,41)/t24-,28-/m1/s1. The second-order valence-corrected chi connectivity index (χ2v) is 11.3. The van der Waals surface area contributed by atoms with E-state index in [1.165, 1.54) is 0 Å². The van der Waals surface area contributed by atoms with Crippen molar-refractivity contribution in [2.75, 3.05) is 13.2 Å². The highest BCUT2D eigenvalue weighted by Gasteiger charge is 2.44. The van der Waals surface area contributed by atoms with Gasteiger partial charge in [0.25, 0.3) is 5.91 Å². The van der Waals surface area contributed by atoms with E-state index in [-0.39, 0.29) is 19.6 Å². The highest BCUT2D eigenvalue weighted by atomic mass is 16.5. The first kappa shape index (κ1) is 30.7. The van der Waals surface area contributed by atoms with E-state index >= 15 is 0 Å². The summed E-state index contributed by atoms with van der Waals surface area (Å²) in [6.45, 7) is 5.95. The van der Waals surface area contributed by atoms with Gasteiger partial charge in [0.1, 0.15) is 6.04 Å². The van der Waals surface area contributed by atoms with E-state index in [0.29, 0.717) is 12.3 Å². The third-order valence-corrected chi connectivity index (χ3v) is 8.03. The average Bonchev–Trinajstić information content (AvgIpc) is 2.98. The third-order valence-electron chi connectivity index (χ3n) is 8.03. The van der Waals surface area contributed by atoms with Crippen LogP contribution in [-0.2, 0) is 9.59 Å². The van der Waals surface area contributed by atoms with Crippen LogP contribution in [0.4, 0.5) is 4.79 Å². The van der Waals surface area contributed by atoms with Crippen molar-refractivity contribution >= 4 is 17.8 Å².